The number of aliphatic imine (C=N–C) groups is 1. The lowest BCUT2D eigenvalue weighted by atomic mass is 10.2. The maximum atomic E-state index is 11.8. The molecule has 29 heavy (non-hydrogen) atoms. The summed E-state index contributed by atoms with van der Waals surface area (Å²) in [6.07, 6.45) is 0. The molecule has 0 unspecified atom stereocenters. The topological polar surface area (TPSA) is 101 Å². The van der Waals surface area contributed by atoms with Crippen LogP contribution in [0.1, 0.15) is 19.4 Å². The second-order valence-corrected chi connectivity index (χ2v) is 7.86. The molecule has 0 amide bonds. The third-order valence-corrected chi connectivity index (χ3v) is 5.42. The fourth-order valence-corrected chi connectivity index (χ4v) is 3.26. The van der Waals surface area contributed by atoms with Gasteiger partial charge in [0.2, 0.25) is 10.0 Å². The molecule has 0 heterocycles. The van der Waals surface area contributed by atoms with Gasteiger partial charge in [-0.15, -0.1) is 0 Å². The van der Waals surface area contributed by atoms with E-state index in [1.165, 1.54) is 7.05 Å². The molecular weight excluding hydrogens is 392 g/mol. The second kappa shape index (κ2) is 10.7. The second-order valence-electron chi connectivity index (χ2n) is 5.97. The smallest absolute Gasteiger partial charge is 0.240 e. The summed E-state index contributed by atoms with van der Waals surface area (Å²) in [5.74, 6) is 1.92. The normalized spacial score (nSPS) is 11.8. The van der Waals surface area contributed by atoms with Gasteiger partial charge in [0.15, 0.2) is 17.5 Å². The Morgan fingerprint density at radius 2 is 1.79 bits per heavy atom. The van der Waals surface area contributed by atoms with E-state index < -0.39 is 10.0 Å². The Morgan fingerprint density at radius 3 is 2.38 bits per heavy atom. The number of ether oxygens (including phenoxy) is 2. The lowest BCUT2D eigenvalue weighted by molar-refractivity contribution is 0.311. The molecule has 158 valence electrons. The van der Waals surface area contributed by atoms with Crippen LogP contribution in [0.5, 0.6) is 11.5 Å². The number of hydrogen-bond donors (Lipinski definition) is 3. The van der Waals surface area contributed by atoms with Gasteiger partial charge in [-0.2, -0.15) is 0 Å². The highest BCUT2D eigenvalue weighted by Gasteiger charge is 2.10. The highest BCUT2D eigenvalue weighted by atomic mass is 32.2. The van der Waals surface area contributed by atoms with Crippen molar-refractivity contribution in [3.63, 3.8) is 0 Å². The number of hydrogen-bond acceptors (Lipinski definition) is 5. The fraction of sp³-hybridized carbons (Fsp3) is 0.350. The van der Waals surface area contributed by atoms with Crippen LogP contribution in [0.25, 0.3) is 0 Å². The van der Waals surface area contributed by atoms with Crippen LogP contribution < -0.4 is 24.8 Å². The van der Waals surface area contributed by atoms with E-state index in [1.807, 2.05) is 32.0 Å². The van der Waals surface area contributed by atoms with Crippen molar-refractivity contribution in [1.82, 2.24) is 10.0 Å². The third kappa shape index (κ3) is 6.37. The van der Waals surface area contributed by atoms with Crippen LogP contribution in [0.4, 0.5) is 5.69 Å². The highest BCUT2D eigenvalue weighted by Crippen LogP contribution is 2.30. The molecule has 0 fully saturated rings. The molecule has 0 bridgehead atoms. The summed E-state index contributed by atoms with van der Waals surface area (Å²) < 4.78 is 36.8. The summed E-state index contributed by atoms with van der Waals surface area (Å²) in [7, 11) is -0.460. The van der Waals surface area contributed by atoms with Gasteiger partial charge in [0, 0.05) is 18.3 Å². The van der Waals surface area contributed by atoms with Gasteiger partial charge in [0.25, 0.3) is 0 Å². The van der Waals surface area contributed by atoms with Crippen LogP contribution in [-0.4, -0.2) is 41.7 Å². The van der Waals surface area contributed by atoms with Crippen molar-refractivity contribution in [2.75, 3.05) is 32.6 Å². The third-order valence-electron chi connectivity index (χ3n) is 3.99. The Morgan fingerprint density at radius 1 is 1.07 bits per heavy atom. The molecule has 2 aromatic rings. The van der Waals surface area contributed by atoms with Crippen molar-refractivity contribution in [3.05, 3.63) is 48.0 Å². The molecule has 2 aromatic carbocycles. The summed E-state index contributed by atoms with van der Waals surface area (Å²) in [6, 6.07) is 12.2. The number of benzene rings is 2. The molecule has 0 atom stereocenters. The minimum atomic E-state index is -3.44. The Balaban J connectivity index is 2.14. The molecule has 3 N–H and O–H groups in total. The first kappa shape index (κ1) is 22.5. The average Bonchev–Trinajstić information content (AvgIpc) is 2.73. The van der Waals surface area contributed by atoms with Crippen LogP contribution in [0, 0.1) is 0 Å². The number of anilines is 1. The van der Waals surface area contributed by atoms with E-state index in [0.717, 1.165) is 11.3 Å². The van der Waals surface area contributed by atoms with Crippen molar-refractivity contribution in [3.8, 4) is 11.5 Å². The van der Waals surface area contributed by atoms with E-state index >= 15 is 0 Å². The maximum absolute atomic E-state index is 11.8. The molecule has 0 aliphatic carbocycles. The van der Waals surface area contributed by atoms with Gasteiger partial charge in [-0.25, -0.2) is 18.1 Å². The predicted octanol–water partition coefficient (Wildman–Crippen LogP) is 2.58. The van der Waals surface area contributed by atoms with Crippen molar-refractivity contribution < 1.29 is 17.9 Å². The van der Waals surface area contributed by atoms with Gasteiger partial charge in [-0.3, -0.25) is 0 Å². The van der Waals surface area contributed by atoms with Crippen LogP contribution in [0.15, 0.2) is 52.4 Å². The van der Waals surface area contributed by atoms with Crippen molar-refractivity contribution >= 4 is 21.7 Å². The first-order chi connectivity index (χ1) is 13.9. The molecule has 0 aromatic heterocycles. The minimum Gasteiger partial charge on any atom is -0.493 e. The number of sulfonamides is 1. The van der Waals surface area contributed by atoms with Crippen LogP contribution >= 0.6 is 0 Å². The Bertz CT molecular complexity index is 928. The maximum Gasteiger partial charge on any atom is 0.240 e. The monoisotopic (exact) mass is 420 g/mol. The number of nitrogens with one attached hydrogen (secondary N) is 3. The summed E-state index contributed by atoms with van der Waals surface area (Å²) in [5.41, 5.74) is 1.70. The van der Waals surface area contributed by atoms with E-state index in [2.05, 4.69) is 20.3 Å². The van der Waals surface area contributed by atoms with Gasteiger partial charge < -0.3 is 20.1 Å². The van der Waals surface area contributed by atoms with E-state index in [4.69, 9.17) is 9.47 Å². The summed E-state index contributed by atoms with van der Waals surface area (Å²) in [6.45, 7) is 5.54. The Labute approximate surface area is 172 Å². The molecule has 0 spiro atoms. The first-order valence-corrected chi connectivity index (χ1v) is 10.8. The molecule has 0 saturated carbocycles. The van der Waals surface area contributed by atoms with Gasteiger partial charge in [0.05, 0.1) is 25.2 Å². The van der Waals surface area contributed by atoms with Crippen molar-refractivity contribution in [2.24, 2.45) is 4.99 Å². The summed E-state index contributed by atoms with van der Waals surface area (Å²) in [5, 5.41) is 6.42. The molecule has 0 aliphatic rings. The van der Waals surface area contributed by atoms with Crippen LogP contribution in [0.2, 0.25) is 0 Å². The highest BCUT2D eigenvalue weighted by molar-refractivity contribution is 7.89. The number of rotatable bonds is 9. The van der Waals surface area contributed by atoms with Gasteiger partial charge in [-0.05, 0) is 50.7 Å². The minimum absolute atomic E-state index is 0.222. The number of guanidine groups is 1. The SMILES string of the molecule is CCNC(=NCc1ccc(S(=O)(=O)NC)cc1)Nc1ccc(OCC)c(OC)c1. The van der Waals surface area contributed by atoms with Crippen molar-refractivity contribution in [1.29, 1.82) is 0 Å². The predicted molar refractivity (Wildman–Crippen MR) is 115 cm³/mol. The standard InChI is InChI=1S/C20H28N4O4S/c1-5-22-20(24-16-9-12-18(28-6-2)19(13-16)27-4)23-14-15-7-10-17(11-8-15)29(25,26)21-3/h7-13,21H,5-6,14H2,1-4H3,(H2,22,23,24). The number of methoxy groups -OCH3 is 1. The molecular formula is C20H28N4O4S. The van der Waals surface area contributed by atoms with Crippen LogP contribution in [0.3, 0.4) is 0 Å². The lowest BCUT2D eigenvalue weighted by Crippen LogP contribution is -2.30. The largest absolute Gasteiger partial charge is 0.493 e. The van der Waals surface area contributed by atoms with Crippen LogP contribution in [-0.2, 0) is 16.6 Å². The lowest BCUT2D eigenvalue weighted by Gasteiger charge is -2.14. The molecule has 9 heteroatoms. The van der Waals surface area contributed by atoms with E-state index in [9.17, 15) is 8.42 Å². The molecule has 0 saturated heterocycles. The van der Waals surface area contributed by atoms with E-state index in [-0.39, 0.29) is 4.90 Å². The molecule has 0 aliphatic heterocycles. The molecule has 2 rings (SSSR count). The summed E-state index contributed by atoms with van der Waals surface area (Å²) >= 11 is 0. The fourth-order valence-electron chi connectivity index (χ4n) is 2.53. The quantitative estimate of drug-likeness (QED) is 0.426. The first-order valence-electron chi connectivity index (χ1n) is 9.32. The summed E-state index contributed by atoms with van der Waals surface area (Å²) in [4.78, 5) is 4.78. The average molecular weight is 421 g/mol. The molecule has 8 nitrogen and oxygen atoms in total. The van der Waals surface area contributed by atoms with E-state index in [1.54, 1.807) is 31.4 Å². The van der Waals surface area contributed by atoms with Gasteiger partial charge in [0.1, 0.15) is 0 Å². The van der Waals surface area contributed by atoms with Gasteiger partial charge in [-0.1, -0.05) is 12.1 Å². The van der Waals surface area contributed by atoms with E-state index in [0.29, 0.717) is 37.2 Å². The van der Waals surface area contributed by atoms with Gasteiger partial charge >= 0.3 is 0 Å². The zero-order valence-corrected chi connectivity index (χ0v) is 18.0. The zero-order chi connectivity index (χ0) is 21.3. The Kier molecular flexibility index (Phi) is 8.29. The molecule has 0 radical (unpaired) electrons. The Hall–Kier alpha value is -2.78. The van der Waals surface area contributed by atoms with Crippen molar-refractivity contribution in [2.45, 2.75) is 25.3 Å². The zero-order valence-electron chi connectivity index (χ0n) is 17.2. The number of nitrogens with zero attached hydrogens (tertiary/aromatic N) is 1.